The largest absolute Gasteiger partial charge is 0.370 e. The molecule has 0 spiro atoms. The molecule has 0 saturated carbocycles. The zero-order valence-electron chi connectivity index (χ0n) is 4.35. The van der Waals surface area contributed by atoms with Gasteiger partial charge in [-0.15, -0.1) is 0 Å². The van der Waals surface area contributed by atoms with Crippen molar-refractivity contribution >= 4 is 5.96 Å². The molecule has 0 heterocycles. The minimum Gasteiger partial charge on any atom is -0.370 e. The van der Waals surface area contributed by atoms with Crippen LogP contribution in [0.5, 0.6) is 0 Å². The molecule has 0 saturated heterocycles. The SMILES string of the molecule is [N]OCCNC(=N)N. The van der Waals surface area contributed by atoms with Crippen molar-refractivity contribution in [1.29, 1.82) is 5.41 Å². The zero-order chi connectivity index (χ0) is 6.41. The number of guanidine groups is 1. The van der Waals surface area contributed by atoms with Gasteiger partial charge < -0.3 is 11.1 Å². The quantitative estimate of drug-likeness (QED) is 0.181. The van der Waals surface area contributed by atoms with Crippen molar-refractivity contribution in [3.05, 3.63) is 0 Å². The van der Waals surface area contributed by atoms with Crippen LogP contribution in [-0.2, 0) is 4.84 Å². The van der Waals surface area contributed by atoms with E-state index in [0.717, 1.165) is 0 Å². The van der Waals surface area contributed by atoms with Crippen molar-refractivity contribution in [2.75, 3.05) is 13.2 Å². The summed E-state index contributed by atoms with van der Waals surface area (Å²) in [5.74, 6) is 7.60. The van der Waals surface area contributed by atoms with Crippen LogP contribution in [0.15, 0.2) is 0 Å². The number of hydrogen-bond acceptors (Lipinski definition) is 2. The van der Waals surface area contributed by atoms with E-state index >= 15 is 0 Å². The summed E-state index contributed by atoms with van der Waals surface area (Å²) in [5.41, 5.74) is 4.87. The van der Waals surface area contributed by atoms with Crippen molar-refractivity contribution in [3.8, 4) is 0 Å². The summed E-state index contributed by atoms with van der Waals surface area (Å²) in [7, 11) is 0. The molecule has 0 aromatic heterocycles. The first-order chi connectivity index (χ1) is 3.77. The molecule has 0 atom stereocenters. The highest BCUT2D eigenvalue weighted by Crippen LogP contribution is 1.59. The fourth-order valence-corrected chi connectivity index (χ4v) is 0.231. The molecule has 2 radical (unpaired) electrons. The molecule has 0 aliphatic carbocycles. The molecule has 8 heavy (non-hydrogen) atoms. The maximum absolute atomic E-state index is 7.73. The van der Waals surface area contributed by atoms with Crippen LogP contribution >= 0.6 is 0 Å². The zero-order valence-corrected chi connectivity index (χ0v) is 4.35. The predicted octanol–water partition coefficient (Wildman–Crippen LogP) is -1.53. The van der Waals surface area contributed by atoms with Gasteiger partial charge in [-0.1, -0.05) is 0 Å². The van der Waals surface area contributed by atoms with E-state index < -0.39 is 0 Å². The Morgan fingerprint density at radius 3 is 2.88 bits per heavy atom. The van der Waals surface area contributed by atoms with Gasteiger partial charge in [0.15, 0.2) is 5.96 Å². The first-order valence-corrected chi connectivity index (χ1v) is 2.11. The molecule has 0 aliphatic heterocycles. The van der Waals surface area contributed by atoms with Gasteiger partial charge in [0.1, 0.15) is 0 Å². The van der Waals surface area contributed by atoms with E-state index in [2.05, 4.69) is 10.2 Å². The molecule has 0 rings (SSSR count). The Morgan fingerprint density at radius 1 is 1.88 bits per heavy atom. The average Bonchev–Trinajstić information content (AvgIpc) is 1.66. The monoisotopic (exact) mass is 116 g/mol. The number of nitrogens with zero attached hydrogens (tertiary/aromatic N) is 1. The highest BCUT2D eigenvalue weighted by molar-refractivity contribution is 5.74. The fraction of sp³-hybridized carbons (Fsp3) is 0.667. The first kappa shape index (κ1) is 7.19. The van der Waals surface area contributed by atoms with E-state index in [1.807, 2.05) is 0 Å². The van der Waals surface area contributed by atoms with E-state index in [1.54, 1.807) is 0 Å². The molecule has 0 aromatic carbocycles. The minimum absolute atomic E-state index is 0.123. The third kappa shape index (κ3) is 5.19. The summed E-state index contributed by atoms with van der Waals surface area (Å²) in [6.07, 6.45) is 0. The lowest BCUT2D eigenvalue weighted by atomic mass is 10.7. The maximum Gasteiger partial charge on any atom is 0.185 e. The van der Waals surface area contributed by atoms with Crippen LogP contribution in [0, 0.1) is 5.41 Å². The topological polar surface area (TPSA) is 93.4 Å². The Labute approximate surface area is 47.5 Å². The number of nitrogens with two attached hydrogens (primary N) is 1. The van der Waals surface area contributed by atoms with Crippen molar-refractivity contribution in [2.45, 2.75) is 0 Å². The Hall–Kier alpha value is -0.810. The molecule has 0 fully saturated rings. The van der Waals surface area contributed by atoms with Crippen LogP contribution in [0.2, 0.25) is 0 Å². The van der Waals surface area contributed by atoms with Crippen LogP contribution < -0.4 is 16.9 Å². The average molecular weight is 116 g/mol. The molecule has 4 N–H and O–H groups in total. The van der Waals surface area contributed by atoms with Crippen molar-refractivity contribution < 1.29 is 4.84 Å². The van der Waals surface area contributed by atoms with Crippen LogP contribution in [0.25, 0.3) is 0 Å². The van der Waals surface area contributed by atoms with Gasteiger partial charge in [0.25, 0.3) is 0 Å². The van der Waals surface area contributed by atoms with E-state index in [9.17, 15) is 0 Å². The summed E-state index contributed by atoms with van der Waals surface area (Å²) < 4.78 is 0. The van der Waals surface area contributed by atoms with Crippen molar-refractivity contribution in [2.24, 2.45) is 5.73 Å². The molecule has 46 valence electrons. The molecule has 0 unspecified atom stereocenters. The van der Waals surface area contributed by atoms with E-state index in [4.69, 9.17) is 17.0 Å². The molecule has 0 aliphatic rings. The third-order valence-corrected chi connectivity index (χ3v) is 0.509. The molecule has 0 amide bonds. The van der Waals surface area contributed by atoms with Gasteiger partial charge in [-0.25, -0.2) is 0 Å². The Bertz CT molecular complexity index is 73.7. The summed E-state index contributed by atoms with van der Waals surface area (Å²) in [6, 6.07) is 0. The first-order valence-electron chi connectivity index (χ1n) is 2.11. The van der Waals surface area contributed by atoms with Crippen LogP contribution in [-0.4, -0.2) is 19.1 Å². The predicted molar refractivity (Wildman–Crippen MR) is 28.0 cm³/mol. The van der Waals surface area contributed by atoms with Gasteiger partial charge in [0.2, 0.25) is 0 Å². The van der Waals surface area contributed by atoms with Gasteiger partial charge in [0.05, 0.1) is 6.61 Å². The van der Waals surface area contributed by atoms with Crippen LogP contribution in [0.4, 0.5) is 0 Å². The lowest BCUT2D eigenvalue weighted by Gasteiger charge is -1.98. The second-order valence-corrected chi connectivity index (χ2v) is 1.17. The fourth-order valence-electron chi connectivity index (χ4n) is 0.231. The maximum atomic E-state index is 7.73. The van der Waals surface area contributed by atoms with E-state index in [1.165, 1.54) is 0 Å². The second kappa shape index (κ2) is 4.35. The molecule has 5 nitrogen and oxygen atoms in total. The normalized spacial score (nSPS) is 8.62. The lowest BCUT2D eigenvalue weighted by Crippen LogP contribution is -2.32. The lowest BCUT2D eigenvalue weighted by molar-refractivity contribution is 0.123. The van der Waals surface area contributed by atoms with E-state index in [-0.39, 0.29) is 12.6 Å². The Morgan fingerprint density at radius 2 is 2.50 bits per heavy atom. The summed E-state index contributed by atoms with van der Waals surface area (Å²) in [6.45, 7) is 0.491. The highest BCUT2D eigenvalue weighted by Gasteiger charge is 1.84. The van der Waals surface area contributed by atoms with Gasteiger partial charge >= 0.3 is 0 Å². The summed E-state index contributed by atoms with van der Waals surface area (Å²) >= 11 is 0. The standard InChI is InChI=1S/C3H8N4O/c4-3(5)7-1-2-8-6/h1-2H2,(H4,4,5,7). The summed E-state index contributed by atoms with van der Waals surface area (Å²) in [4.78, 5) is 3.68. The highest BCUT2D eigenvalue weighted by atomic mass is 16.6. The molecular formula is C3H8N4O. The van der Waals surface area contributed by atoms with Gasteiger partial charge in [-0.2, -0.15) is 0 Å². The van der Waals surface area contributed by atoms with Gasteiger partial charge in [-0.05, 0) is 0 Å². The Balaban J connectivity index is 2.82. The summed E-state index contributed by atoms with van der Waals surface area (Å²) in [5, 5.41) is 9.02. The molecule has 0 bridgehead atoms. The van der Waals surface area contributed by atoms with Gasteiger partial charge in [-0.3, -0.25) is 10.2 Å². The second-order valence-electron chi connectivity index (χ2n) is 1.17. The van der Waals surface area contributed by atoms with Gasteiger partial charge in [0, 0.05) is 12.4 Å². The van der Waals surface area contributed by atoms with Crippen molar-refractivity contribution in [1.82, 2.24) is 11.2 Å². The molecule has 5 heteroatoms. The smallest absolute Gasteiger partial charge is 0.185 e. The van der Waals surface area contributed by atoms with E-state index in [0.29, 0.717) is 6.54 Å². The number of rotatable bonds is 3. The van der Waals surface area contributed by atoms with Crippen LogP contribution in [0.1, 0.15) is 0 Å². The third-order valence-electron chi connectivity index (χ3n) is 0.509. The number of nitrogens with one attached hydrogen (secondary N) is 2. The van der Waals surface area contributed by atoms with Crippen LogP contribution in [0.3, 0.4) is 0 Å². The molecular weight excluding hydrogens is 108 g/mol. The Kier molecular flexibility index (Phi) is 3.91. The minimum atomic E-state index is -0.123. The molecule has 0 aromatic rings. The number of hydrogen-bond donors (Lipinski definition) is 3. The van der Waals surface area contributed by atoms with Crippen molar-refractivity contribution in [3.63, 3.8) is 0 Å².